The van der Waals surface area contributed by atoms with Gasteiger partial charge in [-0.05, 0) is 67.8 Å². The van der Waals surface area contributed by atoms with E-state index in [0.29, 0.717) is 5.92 Å². The van der Waals surface area contributed by atoms with Crippen molar-refractivity contribution in [2.24, 2.45) is 29.6 Å². The molecule has 3 heteroatoms. The first-order valence-electron chi connectivity index (χ1n) is 6.72. The molecule has 4 fully saturated rings. The van der Waals surface area contributed by atoms with Crippen LogP contribution in [-0.2, 0) is 4.79 Å². The number of aliphatic hydroxyl groups is 1. The summed E-state index contributed by atoms with van der Waals surface area (Å²) in [5.41, 5.74) is 0. The highest BCUT2D eigenvalue weighted by molar-refractivity contribution is 5.74. The third-order valence-electron chi connectivity index (χ3n) is 5.07. The third kappa shape index (κ3) is 2.01. The van der Waals surface area contributed by atoms with E-state index >= 15 is 0 Å². The number of rotatable bonds is 3. The molecular weight excluding hydrogens is 216 g/mol. The van der Waals surface area contributed by atoms with Crippen molar-refractivity contribution < 1.29 is 15.0 Å². The van der Waals surface area contributed by atoms with Gasteiger partial charge in [-0.1, -0.05) is 6.08 Å². The van der Waals surface area contributed by atoms with Crippen molar-refractivity contribution in [2.75, 3.05) is 0 Å². The van der Waals surface area contributed by atoms with Crippen LogP contribution in [0.15, 0.2) is 12.2 Å². The van der Waals surface area contributed by atoms with Gasteiger partial charge in [0.1, 0.15) is 0 Å². The number of aliphatic hydroxyl groups excluding tert-OH is 1. The summed E-state index contributed by atoms with van der Waals surface area (Å²) in [6.07, 6.45) is 8.88. The first kappa shape index (κ1) is 11.3. The molecule has 0 aromatic heterocycles. The molecule has 4 rings (SSSR count). The quantitative estimate of drug-likeness (QED) is 0.737. The molecule has 0 amide bonds. The lowest BCUT2D eigenvalue weighted by atomic mass is 9.52. The normalized spacial score (nSPS) is 45.4. The molecule has 94 valence electrons. The minimum atomic E-state index is -1.33. The average molecular weight is 236 g/mol. The minimum absolute atomic E-state index is 0.525. The molecule has 4 aliphatic carbocycles. The second-order valence-corrected chi connectivity index (χ2v) is 6.18. The van der Waals surface area contributed by atoms with E-state index in [9.17, 15) is 9.90 Å². The van der Waals surface area contributed by atoms with Crippen LogP contribution in [0.5, 0.6) is 0 Å². The molecule has 3 nitrogen and oxygen atoms in total. The molecule has 1 unspecified atom stereocenters. The molecule has 0 heterocycles. The fourth-order valence-corrected chi connectivity index (χ4v) is 4.60. The molecule has 4 bridgehead atoms. The van der Waals surface area contributed by atoms with Crippen molar-refractivity contribution in [2.45, 2.75) is 38.2 Å². The lowest BCUT2D eigenvalue weighted by Crippen LogP contribution is -2.44. The summed E-state index contributed by atoms with van der Waals surface area (Å²) in [6.45, 7) is 0. The lowest BCUT2D eigenvalue weighted by Gasteiger charge is -2.53. The Morgan fingerprint density at radius 2 is 1.59 bits per heavy atom. The molecule has 0 saturated heterocycles. The van der Waals surface area contributed by atoms with Crippen molar-refractivity contribution >= 4 is 5.97 Å². The molecule has 0 aromatic carbocycles. The Morgan fingerprint density at radius 3 is 2.06 bits per heavy atom. The number of carboxylic acids is 1. The zero-order valence-corrected chi connectivity index (χ0v) is 9.96. The van der Waals surface area contributed by atoms with Gasteiger partial charge in [-0.3, -0.25) is 0 Å². The summed E-state index contributed by atoms with van der Waals surface area (Å²) >= 11 is 0. The second-order valence-electron chi connectivity index (χ2n) is 6.18. The highest BCUT2D eigenvalue weighted by atomic mass is 16.4. The van der Waals surface area contributed by atoms with Gasteiger partial charge in [-0.25, -0.2) is 4.79 Å². The standard InChI is InChI=1S/C14H20O3/c15-13(14(16)17)2-1-12-10-4-8-3-9(6-10)7-11(12)5-8/h1-2,8-13,15H,3-7H2,(H,16,17)/b2-1+. The topological polar surface area (TPSA) is 57.5 Å². The van der Waals surface area contributed by atoms with Crippen molar-refractivity contribution in [3.05, 3.63) is 12.2 Å². The largest absolute Gasteiger partial charge is 0.479 e. The number of hydrogen-bond donors (Lipinski definition) is 2. The van der Waals surface area contributed by atoms with E-state index in [-0.39, 0.29) is 0 Å². The smallest absolute Gasteiger partial charge is 0.336 e. The van der Waals surface area contributed by atoms with Crippen molar-refractivity contribution in [3.63, 3.8) is 0 Å². The van der Waals surface area contributed by atoms with E-state index in [4.69, 9.17) is 5.11 Å². The van der Waals surface area contributed by atoms with E-state index in [1.54, 1.807) is 0 Å². The average Bonchev–Trinajstić information content (AvgIpc) is 2.26. The number of carbonyl (C=O) groups is 1. The Hall–Kier alpha value is -0.830. The summed E-state index contributed by atoms with van der Waals surface area (Å²) in [7, 11) is 0. The maximum atomic E-state index is 10.6. The van der Waals surface area contributed by atoms with Gasteiger partial charge in [0.05, 0.1) is 0 Å². The van der Waals surface area contributed by atoms with Crippen LogP contribution in [0.3, 0.4) is 0 Å². The lowest BCUT2D eigenvalue weighted by molar-refractivity contribution is -0.144. The van der Waals surface area contributed by atoms with Crippen molar-refractivity contribution in [1.29, 1.82) is 0 Å². The van der Waals surface area contributed by atoms with E-state index in [1.807, 2.05) is 6.08 Å². The van der Waals surface area contributed by atoms with E-state index in [2.05, 4.69) is 0 Å². The van der Waals surface area contributed by atoms with Crippen LogP contribution in [0.2, 0.25) is 0 Å². The summed E-state index contributed by atoms with van der Waals surface area (Å²) < 4.78 is 0. The second kappa shape index (κ2) is 4.13. The molecule has 0 aliphatic heterocycles. The van der Waals surface area contributed by atoms with E-state index < -0.39 is 12.1 Å². The van der Waals surface area contributed by atoms with Crippen LogP contribution >= 0.6 is 0 Å². The Balaban J connectivity index is 1.70. The molecule has 17 heavy (non-hydrogen) atoms. The van der Waals surface area contributed by atoms with Gasteiger partial charge in [0.2, 0.25) is 0 Å². The van der Waals surface area contributed by atoms with Gasteiger partial charge in [0.15, 0.2) is 6.10 Å². The Kier molecular flexibility index (Phi) is 2.74. The number of carboxylic acid groups (broad SMARTS) is 1. The van der Waals surface area contributed by atoms with E-state index in [1.165, 1.54) is 38.2 Å². The zero-order valence-electron chi connectivity index (χ0n) is 9.96. The van der Waals surface area contributed by atoms with Crippen LogP contribution in [0.1, 0.15) is 32.1 Å². The van der Waals surface area contributed by atoms with Gasteiger partial charge in [0.25, 0.3) is 0 Å². The molecule has 4 aliphatic rings. The Labute approximate surface area is 102 Å². The fourth-order valence-electron chi connectivity index (χ4n) is 4.60. The maximum Gasteiger partial charge on any atom is 0.336 e. The van der Waals surface area contributed by atoms with Gasteiger partial charge >= 0.3 is 5.97 Å². The van der Waals surface area contributed by atoms with Crippen LogP contribution in [0.4, 0.5) is 0 Å². The summed E-state index contributed by atoms with van der Waals surface area (Å²) in [5, 5.41) is 18.0. The third-order valence-corrected chi connectivity index (χ3v) is 5.07. The van der Waals surface area contributed by atoms with Crippen LogP contribution in [0.25, 0.3) is 0 Å². The summed E-state index contributed by atoms with van der Waals surface area (Å²) in [4.78, 5) is 10.6. The van der Waals surface area contributed by atoms with Crippen LogP contribution in [0, 0.1) is 29.6 Å². The molecular formula is C14H20O3. The number of aliphatic carboxylic acids is 1. The summed E-state index contributed by atoms with van der Waals surface area (Å²) in [6, 6.07) is 0. The highest BCUT2D eigenvalue weighted by Gasteiger charge is 2.47. The van der Waals surface area contributed by atoms with Crippen LogP contribution < -0.4 is 0 Å². The monoisotopic (exact) mass is 236 g/mol. The van der Waals surface area contributed by atoms with E-state index in [0.717, 1.165) is 23.7 Å². The predicted octanol–water partition coefficient (Wildman–Crippen LogP) is 2.06. The predicted molar refractivity (Wildman–Crippen MR) is 63.3 cm³/mol. The SMILES string of the molecule is O=C(O)C(O)/C=C/C1C2CC3CC(C2)CC1C3. The Bertz CT molecular complexity index is 319. The molecule has 0 spiro atoms. The molecule has 2 N–H and O–H groups in total. The molecule has 4 saturated carbocycles. The zero-order chi connectivity index (χ0) is 12.0. The van der Waals surface area contributed by atoms with Crippen molar-refractivity contribution in [3.8, 4) is 0 Å². The van der Waals surface area contributed by atoms with Gasteiger partial charge in [-0.15, -0.1) is 0 Å². The molecule has 0 aromatic rings. The number of hydrogen-bond acceptors (Lipinski definition) is 2. The molecule has 1 atom stereocenters. The van der Waals surface area contributed by atoms with Gasteiger partial charge < -0.3 is 10.2 Å². The van der Waals surface area contributed by atoms with Crippen molar-refractivity contribution in [1.82, 2.24) is 0 Å². The molecule has 0 radical (unpaired) electrons. The van der Waals surface area contributed by atoms with Gasteiger partial charge in [0, 0.05) is 0 Å². The summed E-state index contributed by atoms with van der Waals surface area (Å²) in [5.74, 6) is 2.76. The minimum Gasteiger partial charge on any atom is -0.479 e. The fraction of sp³-hybridized carbons (Fsp3) is 0.786. The highest BCUT2D eigenvalue weighted by Crippen LogP contribution is 2.56. The van der Waals surface area contributed by atoms with Gasteiger partial charge in [-0.2, -0.15) is 0 Å². The first-order chi connectivity index (χ1) is 8.13. The van der Waals surface area contributed by atoms with Crippen LogP contribution in [-0.4, -0.2) is 22.3 Å². The Morgan fingerprint density at radius 1 is 1.06 bits per heavy atom. The maximum absolute atomic E-state index is 10.6. The first-order valence-corrected chi connectivity index (χ1v) is 6.72. The number of allylic oxidation sites excluding steroid dienone is 1.